The highest BCUT2D eigenvalue weighted by Crippen LogP contribution is 2.19. The summed E-state index contributed by atoms with van der Waals surface area (Å²) in [5, 5.41) is 5.52. The molecule has 0 saturated heterocycles. The molecule has 0 spiro atoms. The number of hydrogen-bond acceptors (Lipinski definition) is 6. The van der Waals surface area contributed by atoms with Crippen molar-refractivity contribution in [3.63, 3.8) is 0 Å². The van der Waals surface area contributed by atoms with Crippen molar-refractivity contribution < 1.29 is 9.53 Å². The van der Waals surface area contributed by atoms with Gasteiger partial charge in [-0.15, -0.1) is 0 Å². The molecule has 8 heteroatoms. The fourth-order valence-corrected chi connectivity index (χ4v) is 3.32. The number of hydrogen-bond donors (Lipinski definition) is 1. The second kappa shape index (κ2) is 7.90. The molecule has 0 aliphatic carbocycles. The number of H-pyrrole nitrogens is 1. The minimum absolute atomic E-state index is 0.0497. The number of aromatic nitrogens is 4. The number of carbonyl (C=O) groups is 1. The Balaban J connectivity index is 1.72. The van der Waals surface area contributed by atoms with Crippen molar-refractivity contribution in [3.05, 3.63) is 80.8 Å². The van der Waals surface area contributed by atoms with Gasteiger partial charge in [-0.3, -0.25) is 9.59 Å². The van der Waals surface area contributed by atoms with Gasteiger partial charge in [0.05, 0.1) is 16.3 Å². The van der Waals surface area contributed by atoms with Crippen LogP contribution in [0.3, 0.4) is 0 Å². The standard InChI is InChI=1S/C22H20N4O4/c1-3-12-26-21(28)15-9-5-4-8-14(15)18(25-26)22(29)30-13(2)19-23-17-11-7-6-10-16(17)20(27)24-19/h4-11,13H,3,12H2,1-2H3,(H,23,24,27)/t13-/m1/s1. The van der Waals surface area contributed by atoms with Gasteiger partial charge in [-0.1, -0.05) is 37.3 Å². The van der Waals surface area contributed by atoms with E-state index in [1.54, 1.807) is 55.5 Å². The molecule has 2 heterocycles. The van der Waals surface area contributed by atoms with Gasteiger partial charge >= 0.3 is 5.97 Å². The third kappa shape index (κ3) is 3.47. The van der Waals surface area contributed by atoms with Crippen molar-refractivity contribution in [2.24, 2.45) is 0 Å². The first kappa shape index (κ1) is 19.5. The first-order valence-electron chi connectivity index (χ1n) is 9.69. The highest BCUT2D eigenvalue weighted by atomic mass is 16.5. The molecule has 0 saturated carbocycles. The molecule has 30 heavy (non-hydrogen) atoms. The number of nitrogens with zero attached hydrogens (tertiary/aromatic N) is 3. The molecule has 0 aliphatic heterocycles. The summed E-state index contributed by atoms with van der Waals surface area (Å²) >= 11 is 0. The van der Waals surface area contributed by atoms with Crippen molar-refractivity contribution in [1.29, 1.82) is 0 Å². The van der Waals surface area contributed by atoms with E-state index in [2.05, 4.69) is 15.1 Å². The summed E-state index contributed by atoms with van der Waals surface area (Å²) in [7, 11) is 0. The quantitative estimate of drug-likeness (QED) is 0.513. The molecule has 0 aliphatic rings. The van der Waals surface area contributed by atoms with Crippen molar-refractivity contribution in [2.75, 3.05) is 0 Å². The van der Waals surface area contributed by atoms with Crippen LogP contribution in [0.15, 0.2) is 58.1 Å². The molecule has 0 radical (unpaired) electrons. The zero-order valence-electron chi connectivity index (χ0n) is 16.6. The van der Waals surface area contributed by atoms with Gasteiger partial charge in [0.15, 0.2) is 17.6 Å². The van der Waals surface area contributed by atoms with Gasteiger partial charge < -0.3 is 9.72 Å². The summed E-state index contributed by atoms with van der Waals surface area (Å²) in [6.07, 6.45) is -0.125. The van der Waals surface area contributed by atoms with Gasteiger partial charge in [-0.2, -0.15) is 5.10 Å². The van der Waals surface area contributed by atoms with E-state index in [0.29, 0.717) is 34.6 Å². The lowest BCUT2D eigenvalue weighted by Gasteiger charge is -2.14. The van der Waals surface area contributed by atoms with Gasteiger partial charge in [0.25, 0.3) is 11.1 Å². The summed E-state index contributed by atoms with van der Waals surface area (Å²) in [5.41, 5.74) is 0.00370. The third-order valence-electron chi connectivity index (χ3n) is 4.80. The maximum atomic E-state index is 12.9. The molecular formula is C22H20N4O4. The molecule has 2 aromatic carbocycles. The number of aromatic amines is 1. The summed E-state index contributed by atoms with van der Waals surface area (Å²) < 4.78 is 6.84. The average molecular weight is 404 g/mol. The molecule has 0 bridgehead atoms. The van der Waals surface area contributed by atoms with Crippen LogP contribution in [-0.4, -0.2) is 25.7 Å². The zero-order chi connectivity index (χ0) is 21.3. The minimum atomic E-state index is -0.818. The van der Waals surface area contributed by atoms with Crippen LogP contribution in [-0.2, 0) is 11.3 Å². The SMILES string of the molecule is CCCn1nc(C(=O)O[C@H](C)c2nc3ccccc3c(=O)[nH]2)c2ccccc2c1=O. The zero-order valence-corrected chi connectivity index (χ0v) is 16.6. The van der Waals surface area contributed by atoms with E-state index in [4.69, 9.17) is 4.74 Å². The van der Waals surface area contributed by atoms with Crippen LogP contribution >= 0.6 is 0 Å². The third-order valence-corrected chi connectivity index (χ3v) is 4.80. The number of fused-ring (bicyclic) bond motifs is 2. The Labute approximate surface area is 171 Å². The number of ether oxygens (including phenoxy) is 1. The van der Waals surface area contributed by atoms with Crippen molar-refractivity contribution in [2.45, 2.75) is 32.9 Å². The fraction of sp³-hybridized carbons (Fsp3) is 0.227. The molecule has 8 nitrogen and oxygen atoms in total. The number of esters is 1. The Morgan fingerprint density at radius 1 is 1.07 bits per heavy atom. The minimum Gasteiger partial charge on any atom is -0.450 e. The van der Waals surface area contributed by atoms with E-state index in [1.807, 2.05) is 6.92 Å². The predicted octanol–water partition coefficient (Wildman–Crippen LogP) is 2.96. The fourth-order valence-electron chi connectivity index (χ4n) is 3.32. The van der Waals surface area contributed by atoms with Crippen molar-refractivity contribution in [3.8, 4) is 0 Å². The lowest BCUT2D eigenvalue weighted by Crippen LogP contribution is -2.27. The highest BCUT2D eigenvalue weighted by molar-refractivity contribution is 6.02. The molecule has 0 amide bonds. The lowest BCUT2D eigenvalue weighted by molar-refractivity contribution is 0.0312. The molecule has 2 aromatic heterocycles. The molecule has 4 rings (SSSR count). The number of aryl methyl sites for hydroxylation is 1. The van der Waals surface area contributed by atoms with Crippen molar-refractivity contribution >= 4 is 27.6 Å². The first-order valence-corrected chi connectivity index (χ1v) is 9.69. The van der Waals surface area contributed by atoms with E-state index < -0.39 is 12.1 Å². The predicted molar refractivity (Wildman–Crippen MR) is 112 cm³/mol. The Kier molecular flexibility index (Phi) is 5.14. The van der Waals surface area contributed by atoms with Gasteiger partial charge in [0.2, 0.25) is 0 Å². The monoisotopic (exact) mass is 404 g/mol. The average Bonchev–Trinajstić information content (AvgIpc) is 2.75. The lowest BCUT2D eigenvalue weighted by atomic mass is 10.1. The number of carbonyl (C=O) groups excluding carboxylic acids is 1. The van der Waals surface area contributed by atoms with E-state index >= 15 is 0 Å². The van der Waals surface area contributed by atoms with Crippen LogP contribution in [0, 0.1) is 0 Å². The molecule has 4 aromatic rings. The molecular weight excluding hydrogens is 384 g/mol. The molecule has 0 unspecified atom stereocenters. The highest BCUT2D eigenvalue weighted by Gasteiger charge is 2.22. The van der Waals surface area contributed by atoms with Crippen LogP contribution in [0.5, 0.6) is 0 Å². The van der Waals surface area contributed by atoms with Crippen LogP contribution in [0.1, 0.15) is 42.7 Å². The number of para-hydroxylation sites is 1. The smallest absolute Gasteiger partial charge is 0.360 e. The largest absolute Gasteiger partial charge is 0.450 e. The van der Waals surface area contributed by atoms with Gasteiger partial charge in [0.1, 0.15) is 0 Å². The second-order valence-electron chi connectivity index (χ2n) is 6.94. The van der Waals surface area contributed by atoms with Gasteiger partial charge in [0, 0.05) is 11.9 Å². The molecule has 1 atom stereocenters. The topological polar surface area (TPSA) is 107 Å². The van der Waals surface area contributed by atoms with E-state index in [1.165, 1.54) is 4.68 Å². The Morgan fingerprint density at radius 3 is 2.47 bits per heavy atom. The van der Waals surface area contributed by atoms with E-state index in [0.717, 1.165) is 0 Å². The maximum Gasteiger partial charge on any atom is 0.360 e. The van der Waals surface area contributed by atoms with Crippen molar-refractivity contribution in [1.82, 2.24) is 19.7 Å². The summed E-state index contributed by atoms with van der Waals surface area (Å²) in [5.74, 6) is -0.461. The van der Waals surface area contributed by atoms with Crippen LogP contribution in [0.2, 0.25) is 0 Å². The Hall–Kier alpha value is -3.81. The number of nitrogens with one attached hydrogen (secondary N) is 1. The van der Waals surface area contributed by atoms with Gasteiger partial charge in [-0.25, -0.2) is 14.5 Å². The molecule has 1 N–H and O–H groups in total. The molecule has 152 valence electrons. The van der Waals surface area contributed by atoms with Crippen LogP contribution in [0.25, 0.3) is 21.7 Å². The maximum absolute atomic E-state index is 12.9. The summed E-state index contributed by atoms with van der Waals surface area (Å²) in [4.78, 5) is 44.9. The number of benzene rings is 2. The summed E-state index contributed by atoms with van der Waals surface area (Å²) in [6.45, 7) is 3.93. The van der Waals surface area contributed by atoms with Gasteiger partial charge in [-0.05, 0) is 31.5 Å². The molecule has 0 fully saturated rings. The van der Waals surface area contributed by atoms with E-state index in [-0.39, 0.29) is 22.6 Å². The van der Waals surface area contributed by atoms with Crippen LogP contribution in [0.4, 0.5) is 0 Å². The Bertz CT molecular complexity index is 1370. The van der Waals surface area contributed by atoms with Crippen LogP contribution < -0.4 is 11.1 Å². The normalized spacial score (nSPS) is 12.2. The van der Waals surface area contributed by atoms with E-state index in [9.17, 15) is 14.4 Å². The number of rotatable bonds is 5. The second-order valence-corrected chi connectivity index (χ2v) is 6.94. The first-order chi connectivity index (χ1) is 14.5. The Morgan fingerprint density at radius 2 is 1.73 bits per heavy atom. The summed E-state index contributed by atoms with van der Waals surface area (Å²) in [6, 6.07) is 13.7.